The summed E-state index contributed by atoms with van der Waals surface area (Å²) in [5.74, 6) is 0.614. The Morgan fingerprint density at radius 2 is 1.81 bits per heavy atom. The second-order valence-corrected chi connectivity index (χ2v) is 7.43. The third-order valence-electron chi connectivity index (χ3n) is 4.47. The van der Waals surface area contributed by atoms with Crippen molar-refractivity contribution < 1.29 is 9.53 Å². The fraction of sp³-hybridized carbons (Fsp3) is 0.333. The van der Waals surface area contributed by atoms with Crippen molar-refractivity contribution in [1.82, 2.24) is 9.27 Å². The van der Waals surface area contributed by atoms with Gasteiger partial charge >= 0.3 is 0 Å². The lowest BCUT2D eigenvalue weighted by Crippen LogP contribution is -2.24. The number of nitrogens with one attached hydrogen (secondary N) is 1. The summed E-state index contributed by atoms with van der Waals surface area (Å²) in [7, 11) is 1.59. The van der Waals surface area contributed by atoms with E-state index in [2.05, 4.69) is 5.32 Å². The largest absolute Gasteiger partial charge is 0.496 e. The van der Waals surface area contributed by atoms with E-state index in [0.29, 0.717) is 23.2 Å². The van der Waals surface area contributed by atoms with Gasteiger partial charge in [0.1, 0.15) is 11.1 Å². The normalized spacial score (nSPS) is 10.9. The fourth-order valence-corrected chi connectivity index (χ4v) is 4.08. The number of aryl methyl sites for hydroxylation is 1. The maximum absolute atomic E-state index is 12.5. The first-order valence-corrected chi connectivity index (χ1v) is 9.98. The van der Waals surface area contributed by atoms with E-state index in [1.807, 2.05) is 52.5 Å². The van der Waals surface area contributed by atoms with Crippen LogP contribution in [0.4, 0.5) is 0 Å². The number of hydrogen-bond donors (Lipinski definition) is 1. The zero-order valence-corrected chi connectivity index (χ0v) is 16.3. The number of rotatable bonds is 9. The first-order chi connectivity index (χ1) is 13.2. The van der Waals surface area contributed by atoms with Gasteiger partial charge in [0.2, 0.25) is 0 Å². The molecule has 6 heteroatoms. The summed E-state index contributed by atoms with van der Waals surface area (Å²) in [6, 6.07) is 14.9. The Kier molecular flexibility index (Phi) is 6.65. The van der Waals surface area contributed by atoms with Crippen LogP contribution in [0, 0.1) is 0 Å². The van der Waals surface area contributed by atoms with Gasteiger partial charge in [0.05, 0.1) is 11.8 Å². The molecule has 0 spiro atoms. The standard InChI is InChI=1S/C21H24N2O3S/c1-26-17-12-9-13-18-19(17)21(25)23(27-18)15-8-3-2-7-14-22-20(24)16-10-5-4-6-11-16/h4-6,9-13H,2-3,7-8,14-15H2,1H3,(H,22,24). The second kappa shape index (κ2) is 9.37. The molecule has 0 unspecified atom stereocenters. The molecule has 27 heavy (non-hydrogen) atoms. The zero-order valence-electron chi connectivity index (χ0n) is 15.4. The highest BCUT2D eigenvalue weighted by molar-refractivity contribution is 7.13. The van der Waals surface area contributed by atoms with Gasteiger partial charge in [-0.1, -0.05) is 48.6 Å². The van der Waals surface area contributed by atoms with Gasteiger partial charge in [-0.2, -0.15) is 0 Å². The molecular weight excluding hydrogens is 360 g/mol. The first kappa shape index (κ1) is 19.2. The molecule has 142 valence electrons. The Balaban J connectivity index is 1.40. The lowest BCUT2D eigenvalue weighted by molar-refractivity contribution is 0.0953. The molecule has 1 N–H and O–H groups in total. The predicted molar refractivity (Wildman–Crippen MR) is 110 cm³/mol. The number of fused-ring (bicyclic) bond motifs is 1. The van der Waals surface area contributed by atoms with Crippen molar-refractivity contribution in [3.8, 4) is 5.75 Å². The molecule has 0 saturated carbocycles. The van der Waals surface area contributed by atoms with Gasteiger partial charge in [-0.25, -0.2) is 0 Å². The van der Waals surface area contributed by atoms with E-state index in [0.717, 1.165) is 36.9 Å². The zero-order chi connectivity index (χ0) is 19.1. The van der Waals surface area contributed by atoms with E-state index in [1.54, 1.807) is 7.11 Å². The maximum Gasteiger partial charge on any atom is 0.272 e. The van der Waals surface area contributed by atoms with Crippen LogP contribution in [0.2, 0.25) is 0 Å². The second-order valence-electron chi connectivity index (χ2n) is 6.37. The predicted octanol–water partition coefficient (Wildman–Crippen LogP) is 4.06. The number of carbonyl (C=O) groups excluding carboxylic acids is 1. The van der Waals surface area contributed by atoms with Gasteiger partial charge in [0.15, 0.2) is 0 Å². The number of ether oxygens (including phenoxy) is 1. The van der Waals surface area contributed by atoms with Gasteiger partial charge in [-0.15, -0.1) is 0 Å². The fourth-order valence-electron chi connectivity index (χ4n) is 3.03. The minimum Gasteiger partial charge on any atom is -0.496 e. The Morgan fingerprint density at radius 1 is 1.04 bits per heavy atom. The number of aromatic nitrogens is 1. The van der Waals surface area contributed by atoms with Crippen molar-refractivity contribution in [3.05, 3.63) is 64.4 Å². The number of hydrogen-bond acceptors (Lipinski definition) is 4. The van der Waals surface area contributed by atoms with Crippen LogP contribution in [-0.4, -0.2) is 23.5 Å². The van der Waals surface area contributed by atoms with E-state index in [4.69, 9.17) is 4.74 Å². The SMILES string of the molecule is COc1cccc2sn(CCCCCCNC(=O)c3ccccc3)c(=O)c12. The van der Waals surface area contributed by atoms with Crippen LogP contribution >= 0.6 is 11.5 Å². The number of carbonyl (C=O) groups is 1. The molecule has 3 rings (SSSR count). The molecule has 0 atom stereocenters. The number of methoxy groups -OCH3 is 1. The highest BCUT2D eigenvalue weighted by Crippen LogP contribution is 2.26. The maximum atomic E-state index is 12.5. The Morgan fingerprint density at radius 3 is 2.59 bits per heavy atom. The molecule has 0 aliphatic rings. The third-order valence-corrected chi connectivity index (χ3v) is 5.57. The molecule has 0 aliphatic heterocycles. The monoisotopic (exact) mass is 384 g/mol. The summed E-state index contributed by atoms with van der Waals surface area (Å²) < 4.78 is 8.07. The highest BCUT2D eigenvalue weighted by Gasteiger charge is 2.11. The van der Waals surface area contributed by atoms with Crippen LogP contribution in [-0.2, 0) is 6.54 Å². The van der Waals surface area contributed by atoms with Crippen molar-refractivity contribution in [3.63, 3.8) is 0 Å². The lowest BCUT2D eigenvalue weighted by Gasteiger charge is -2.05. The molecular formula is C21H24N2O3S. The Hall–Kier alpha value is -2.60. The van der Waals surface area contributed by atoms with Crippen LogP contribution in [0.15, 0.2) is 53.3 Å². The number of nitrogens with zero attached hydrogens (tertiary/aromatic N) is 1. The molecule has 5 nitrogen and oxygen atoms in total. The number of unbranched alkanes of at least 4 members (excludes halogenated alkanes) is 3. The Bertz CT molecular complexity index is 947. The van der Waals surface area contributed by atoms with E-state index in [1.165, 1.54) is 11.5 Å². The minimum absolute atomic E-state index is 0.0265. The number of benzene rings is 2. The summed E-state index contributed by atoms with van der Waals surface area (Å²) in [6.07, 6.45) is 3.94. The summed E-state index contributed by atoms with van der Waals surface area (Å²) >= 11 is 1.49. The van der Waals surface area contributed by atoms with Crippen LogP contribution in [0.3, 0.4) is 0 Å². The van der Waals surface area contributed by atoms with Gasteiger partial charge in [0.25, 0.3) is 11.5 Å². The van der Waals surface area contributed by atoms with Crippen molar-refractivity contribution in [2.24, 2.45) is 0 Å². The summed E-state index contributed by atoms with van der Waals surface area (Å²) in [5.41, 5.74) is 0.722. The summed E-state index contributed by atoms with van der Waals surface area (Å²) in [6.45, 7) is 1.39. The average Bonchev–Trinajstić information content (AvgIpc) is 3.03. The molecule has 0 bridgehead atoms. The van der Waals surface area contributed by atoms with Crippen molar-refractivity contribution >= 4 is 27.5 Å². The molecule has 1 aromatic heterocycles. The van der Waals surface area contributed by atoms with Gasteiger partial charge in [-0.05, 0) is 37.1 Å². The quantitative estimate of drug-likeness (QED) is 0.566. The van der Waals surface area contributed by atoms with Crippen LogP contribution in [0.5, 0.6) is 5.75 Å². The van der Waals surface area contributed by atoms with Gasteiger partial charge in [0, 0.05) is 18.7 Å². The smallest absolute Gasteiger partial charge is 0.272 e. The van der Waals surface area contributed by atoms with Crippen LogP contribution < -0.4 is 15.6 Å². The number of amides is 1. The van der Waals surface area contributed by atoms with E-state index >= 15 is 0 Å². The summed E-state index contributed by atoms with van der Waals surface area (Å²) in [5, 5.41) is 3.62. The third kappa shape index (κ3) is 4.77. The highest BCUT2D eigenvalue weighted by atomic mass is 32.1. The van der Waals surface area contributed by atoms with Crippen molar-refractivity contribution in [2.45, 2.75) is 32.2 Å². The van der Waals surface area contributed by atoms with Crippen molar-refractivity contribution in [1.29, 1.82) is 0 Å². The Labute approximate surface area is 162 Å². The lowest BCUT2D eigenvalue weighted by atomic mass is 10.2. The molecule has 0 fully saturated rings. The average molecular weight is 385 g/mol. The molecule has 1 heterocycles. The summed E-state index contributed by atoms with van der Waals surface area (Å²) in [4.78, 5) is 24.5. The van der Waals surface area contributed by atoms with Gasteiger partial charge in [-0.3, -0.25) is 13.5 Å². The van der Waals surface area contributed by atoms with E-state index < -0.39 is 0 Å². The molecule has 2 aromatic carbocycles. The van der Waals surface area contributed by atoms with Crippen molar-refractivity contribution in [2.75, 3.05) is 13.7 Å². The molecule has 0 saturated heterocycles. The molecule has 0 aliphatic carbocycles. The molecule has 0 radical (unpaired) electrons. The topological polar surface area (TPSA) is 60.3 Å². The minimum atomic E-state index is -0.0265. The molecule has 3 aromatic rings. The molecule has 1 amide bonds. The van der Waals surface area contributed by atoms with Crippen LogP contribution in [0.1, 0.15) is 36.0 Å². The first-order valence-electron chi connectivity index (χ1n) is 9.21. The van der Waals surface area contributed by atoms with E-state index in [-0.39, 0.29) is 11.5 Å². The van der Waals surface area contributed by atoms with Gasteiger partial charge < -0.3 is 10.1 Å². The van der Waals surface area contributed by atoms with Crippen LogP contribution in [0.25, 0.3) is 10.1 Å². The van der Waals surface area contributed by atoms with E-state index in [9.17, 15) is 9.59 Å².